The molecule has 2 aromatic carbocycles. The van der Waals surface area contributed by atoms with Gasteiger partial charge in [-0.2, -0.15) is 15.1 Å². The van der Waals surface area contributed by atoms with Gasteiger partial charge >= 0.3 is 6.01 Å². The average Bonchev–Trinajstić information content (AvgIpc) is 3.14. The molecule has 2 bridgehead atoms. The van der Waals surface area contributed by atoms with Gasteiger partial charge in [0.25, 0.3) is 5.92 Å². The van der Waals surface area contributed by atoms with E-state index in [2.05, 4.69) is 32.4 Å². The third-order valence-electron chi connectivity index (χ3n) is 9.43. The second-order valence-corrected chi connectivity index (χ2v) is 13.8. The van der Waals surface area contributed by atoms with E-state index in [0.717, 1.165) is 12.8 Å². The van der Waals surface area contributed by atoms with Crippen molar-refractivity contribution < 1.29 is 22.3 Å². The fourth-order valence-corrected chi connectivity index (χ4v) is 7.50. The number of aryl methyl sites for hydroxylation is 2. The Morgan fingerprint density at radius 1 is 1.16 bits per heavy atom. The van der Waals surface area contributed by atoms with Gasteiger partial charge in [0, 0.05) is 54.0 Å². The number of ether oxygens (including phenoxy) is 1. The summed E-state index contributed by atoms with van der Waals surface area (Å²) in [6, 6.07) is 2.96. The van der Waals surface area contributed by atoms with E-state index < -0.39 is 23.0 Å². The Kier molecular flexibility index (Phi) is 6.63. The minimum absolute atomic E-state index is 0.105. The minimum atomic E-state index is -2.90. The molecule has 8 nitrogen and oxygen atoms in total. The molecule has 13 heteroatoms. The van der Waals surface area contributed by atoms with E-state index in [-0.39, 0.29) is 64.2 Å². The van der Waals surface area contributed by atoms with E-state index in [4.69, 9.17) is 16.3 Å². The summed E-state index contributed by atoms with van der Waals surface area (Å²) in [4.78, 5) is 12.7. The van der Waals surface area contributed by atoms with Gasteiger partial charge in [-0.3, -0.25) is 5.10 Å². The average molecular weight is 632 g/mol. The summed E-state index contributed by atoms with van der Waals surface area (Å²) in [5, 5.41) is 11.6. The molecule has 2 N–H and O–H groups in total. The maximum Gasteiger partial charge on any atom is 0.319 e. The number of aromatic amines is 1. The van der Waals surface area contributed by atoms with Crippen LogP contribution in [-0.4, -0.2) is 82.9 Å². The summed E-state index contributed by atoms with van der Waals surface area (Å²) < 4.78 is 68.0. The molecule has 4 heterocycles. The van der Waals surface area contributed by atoms with Gasteiger partial charge in [0.1, 0.15) is 23.8 Å². The van der Waals surface area contributed by atoms with Crippen LogP contribution in [0.2, 0.25) is 5.02 Å². The Bertz CT molecular complexity index is 1830. The van der Waals surface area contributed by atoms with E-state index in [1.54, 1.807) is 38.9 Å². The summed E-state index contributed by atoms with van der Waals surface area (Å²) in [6.45, 7) is 6.45. The predicted octanol–water partition coefficient (Wildman–Crippen LogP) is 6.02. The Labute approximate surface area is 257 Å². The number of hydrogen-bond acceptors (Lipinski definition) is 7. The minimum Gasteiger partial charge on any atom is -0.463 e. The number of benzene rings is 2. The van der Waals surface area contributed by atoms with Gasteiger partial charge < -0.3 is 19.9 Å². The molecule has 2 saturated heterocycles. The molecule has 44 heavy (non-hydrogen) atoms. The fourth-order valence-electron chi connectivity index (χ4n) is 7.25. The summed E-state index contributed by atoms with van der Waals surface area (Å²) in [6.07, 6.45) is 1.58. The second kappa shape index (κ2) is 9.89. The van der Waals surface area contributed by atoms with E-state index in [0.29, 0.717) is 41.1 Å². The van der Waals surface area contributed by atoms with Gasteiger partial charge in [-0.05, 0) is 65.4 Å². The quantitative estimate of drug-likeness (QED) is 0.242. The van der Waals surface area contributed by atoms with Crippen LogP contribution >= 0.6 is 11.6 Å². The van der Waals surface area contributed by atoms with Crippen molar-refractivity contribution in [3.63, 3.8) is 0 Å². The first-order valence-corrected chi connectivity index (χ1v) is 15.1. The SMILES string of the molecule is Cc1cc2[nH]nc(C)c2c(-c2c(F)cc3c(N4C[C@H]5CC[C@@](C)(C4)N5)nc(OC[C@]4(CN(C)C)CC4(F)F)nc3c2F)c1Cl. The smallest absolute Gasteiger partial charge is 0.319 e. The fraction of sp³-hybridized carbons (Fsp3) is 0.516. The third-order valence-corrected chi connectivity index (χ3v) is 9.92. The molecule has 2 aromatic heterocycles. The molecule has 2 aliphatic heterocycles. The van der Waals surface area contributed by atoms with E-state index in [9.17, 15) is 8.78 Å². The summed E-state index contributed by atoms with van der Waals surface area (Å²) >= 11 is 6.72. The van der Waals surface area contributed by atoms with Crippen LogP contribution in [0.15, 0.2) is 12.1 Å². The normalized spacial score (nSPS) is 25.9. The summed E-state index contributed by atoms with van der Waals surface area (Å²) in [5.41, 5.74) is -0.217. The molecule has 7 rings (SSSR count). The van der Waals surface area contributed by atoms with Gasteiger partial charge in [0.05, 0.1) is 27.2 Å². The molecule has 1 aliphatic carbocycles. The number of rotatable bonds is 7. The number of nitrogens with one attached hydrogen (secondary N) is 2. The predicted molar refractivity (Wildman–Crippen MR) is 162 cm³/mol. The summed E-state index contributed by atoms with van der Waals surface area (Å²) in [5.74, 6) is -4.36. The highest BCUT2D eigenvalue weighted by molar-refractivity contribution is 6.36. The number of fused-ring (bicyclic) bond motifs is 4. The zero-order valence-corrected chi connectivity index (χ0v) is 26.0. The number of H-pyrrole nitrogens is 1. The molecule has 3 fully saturated rings. The highest BCUT2D eigenvalue weighted by atomic mass is 35.5. The Hall–Kier alpha value is -3.22. The molecule has 3 aliphatic rings. The lowest BCUT2D eigenvalue weighted by atomic mass is 9.95. The second-order valence-electron chi connectivity index (χ2n) is 13.4. The first-order valence-electron chi connectivity index (χ1n) is 14.7. The first kappa shape index (κ1) is 29.5. The zero-order chi connectivity index (χ0) is 31.3. The van der Waals surface area contributed by atoms with Crippen LogP contribution in [0.1, 0.15) is 37.4 Å². The molecule has 0 amide bonds. The van der Waals surface area contributed by atoms with Crippen molar-refractivity contribution in [2.24, 2.45) is 5.41 Å². The molecule has 4 aromatic rings. The van der Waals surface area contributed by atoms with Crippen molar-refractivity contribution >= 4 is 39.2 Å². The lowest BCUT2D eigenvalue weighted by molar-refractivity contribution is 0.0288. The standard InChI is InChI=1S/C31H34ClF4N7O/c1-15-8-20-21(16(2)40-41-20)23(24(15)32)22-19(33)9-18-26(25(22)34)37-28(44-14-30(13-42(4)5)11-31(30,35)36)38-27(18)43-10-17-6-7-29(3,12-43)39-17/h8-9,17,39H,6-7,10-14H2,1-5H3,(H,40,41)/t17-,29+,30-/m1/s1. The number of piperazine rings is 1. The van der Waals surface area contributed by atoms with Crippen molar-refractivity contribution in [1.82, 2.24) is 30.4 Å². The maximum atomic E-state index is 16.8. The van der Waals surface area contributed by atoms with Gasteiger partial charge in [0.15, 0.2) is 5.82 Å². The van der Waals surface area contributed by atoms with Crippen molar-refractivity contribution in [2.75, 3.05) is 45.2 Å². The highest BCUT2D eigenvalue weighted by Gasteiger charge is 2.71. The Balaban J connectivity index is 1.41. The molecule has 1 saturated carbocycles. The lowest BCUT2D eigenvalue weighted by Gasteiger charge is -2.40. The lowest BCUT2D eigenvalue weighted by Crippen LogP contribution is -2.58. The zero-order valence-electron chi connectivity index (χ0n) is 25.2. The third kappa shape index (κ3) is 4.59. The van der Waals surface area contributed by atoms with Crippen LogP contribution in [0.3, 0.4) is 0 Å². The van der Waals surface area contributed by atoms with Gasteiger partial charge in [-0.1, -0.05) is 11.6 Å². The molecule has 234 valence electrons. The van der Waals surface area contributed by atoms with E-state index in [1.165, 1.54) is 6.07 Å². The van der Waals surface area contributed by atoms with E-state index >= 15 is 8.78 Å². The van der Waals surface area contributed by atoms with Crippen LogP contribution in [0, 0.1) is 30.9 Å². The van der Waals surface area contributed by atoms with Crippen molar-refractivity contribution in [3.8, 4) is 17.1 Å². The van der Waals surface area contributed by atoms with E-state index in [1.807, 2.05) is 4.90 Å². The van der Waals surface area contributed by atoms with Crippen molar-refractivity contribution in [3.05, 3.63) is 40.0 Å². The number of anilines is 1. The summed E-state index contributed by atoms with van der Waals surface area (Å²) in [7, 11) is 3.45. The molecular formula is C31H34ClF4N7O. The van der Waals surface area contributed by atoms with Crippen LogP contribution in [0.4, 0.5) is 23.4 Å². The molecular weight excluding hydrogens is 598 g/mol. The number of halogens is 5. The Morgan fingerprint density at radius 2 is 1.91 bits per heavy atom. The molecule has 0 radical (unpaired) electrons. The Morgan fingerprint density at radius 3 is 2.59 bits per heavy atom. The van der Waals surface area contributed by atoms with Crippen LogP contribution in [0.5, 0.6) is 6.01 Å². The number of aromatic nitrogens is 4. The van der Waals surface area contributed by atoms with Crippen molar-refractivity contribution in [1.29, 1.82) is 0 Å². The topological polar surface area (TPSA) is 82.2 Å². The number of hydrogen-bond donors (Lipinski definition) is 2. The highest BCUT2D eigenvalue weighted by Crippen LogP contribution is 2.60. The molecule has 3 atom stereocenters. The van der Waals surface area contributed by atoms with Crippen LogP contribution in [-0.2, 0) is 0 Å². The van der Waals surface area contributed by atoms with Crippen molar-refractivity contribution in [2.45, 2.75) is 57.5 Å². The van der Waals surface area contributed by atoms with Gasteiger partial charge in [-0.15, -0.1) is 0 Å². The molecule has 0 unspecified atom stereocenters. The van der Waals surface area contributed by atoms with Crippen LogP contribution < -0.4 is 15.0 Å². The van der Waals surface area contributed by atoms with Crippen LogP contribution in [0.25, 0.3) is 32.9 Å². The largest absolute Gasteiger partial charge is 0.463 e. The van der Waals surface area contributed by atoms with Gasteiger partial charge in [0.2, 0.25) is 0 Å². The first-order chi connectivity index (χ1) is 20.7. The number of nitrogens with zero attached hydrogens (tertiary/aromatic N) is 5. The molecule has 0 spiro atoms. The van der Waals surface area contributed by atoms with Gasteiger partial charge in [-0.25, -0.2) is 17.6 Å². The maximum absolute atomic E-state index is 16.8. The number of alkyl halides is 2. The monoisotopic (exact) mass is 631 g/mol.